The van der Waals surface area contributed by atoms with Crippen molar-refractivity contribution in [3.8, 4) is 11.5 Å². The molecule has 0 atom stereocenters. The predicted octanol–water partition coefficient (Wildman–Crippen LogP) is 3.99. The molecule has 8 heteroatoms. The van der Waals surface area contributed by atoms with E-state index in [0.29, 0.717) is 20.7 Å². The van der Waals surface area contributed by atoms with Gasteiger partial charge in [-0.15, -0.1) is 0 Å². The maximum atomic E-state index is 13.0. The first-order valence-corrected chi connectivity index (χ1v) is 12.4. The summed E-state index contributed by atoms with van der Waals surface area (Å²) in [4.78, 5) is 27.9. The molecule has 5 fully saturated rings. The highest BCUT2D eigenvalue weighted by molar-refractivity contribution is 8.26. The van der Waals surface area contributed by atoms with Gasteiger partial charge in [0.05, 0.1) is 19.1 Å². The monoisotopic (exact) mass is 472 g/mol. The van der Waals surface area contributed by atoms with E-state index in [1.165, 1.54) is 35.9 Å². The molecule has 2 amide bonds. The zero-order valence-electron chi connectivity index (χ0n) is 18.4. The van der Waals surface area contributed by atoms with E-state index in [4.69, 9.17) is 21.7 Å². The van der Waals surface area contributed by atoms with Crippen LogP contribution in [0.15, 0.2) is 23.1 Å². The van der Waals surface area contributed by atoms with E-state index in [-0.39, 0.29) is 23.9 Å². The smallest absolute Gasteiger partial charge is 0.266 e. The topological polar surface area (TPSA) is 67.9 Å². The summed E-state index contributed by atoms with van der Waals surface area (Å²) >= 11 is 6.66. The quantitative estimate of drug-likeness (QED) is 0.499. The highest BCUT2D eigenvalue weighted by atomic mass is 32.2. The van der Waals surface area contributed by atoms with Crippen molar-refractivity contribution in [1.82, 2.24) is 10.2 Å². The normalized spacial score (nSPS) is 32.0. The van der Waals surface area contributed by atoms with E-state index in [1.807, 2.05) is 12.1 Å². The molecular weight excluding hydrogens is 444 g/mol. The molecule has 0 aromatic heterocycles. The first kappa shape index (κ1) is 21.8. The largest absolute Gasteiger partial charge is 0.493 e. The molecule has 1 heterocycles. The minimum absolute atomic E-state index is 0.0182. The Morgan fingerprint density at radius 2 is 1.78 bits per heavy atom. The number of methoxy groups -OCH3 is 2. The Morgan fingerprint density at radius 3 is 2.38 bits per heavy atom. The number of thiocarbonyl (C=S) groups is 1. The van der Waals surface area contributed by atoms with Gasteiger partial charge in [0.25, 0.3) is 5.91 Å². The van der Waals surface area contributed by atoms with E-state index in [0.717, 1.165) is 42.6 Å². The number of ether oxygens (including phenoxy) is 2. The van der Waals surface area contributed by atoms with E-state index in [2.05, 4.69) is 5.32 Å². The van der Waals surface area contributed by atoms with Gasteiger partial charge < -0.3 is 14.8 Å². The lowest BCUT2D eigenvalue weighted by Crippen LogP contribution is -2.61. The van der Waals surface area contributed by atoms with Crippen LogP contribution in [0.4, 0.5) is 0 Å². The van der Waals surface area contributed by atoms with Crippen molar-refractivity contribution in [1.29, 1.82) is 0 Å². The Kier molecular flexibility index (Phi) is 5.70. The number of nitrogens with one attached hydrogen (secondary N) is 1. The third kappa shape index (κ3) is 4.03. The summed E-state index contributed by atoms with van der Waals surface area (Å²) in [6, 6.07) is 5.46. The van der Waals surface area contributed by atoms with Crippen LogP contribution in [-0.4, -0.2) is 47.3 Å². The lowest BCUT2D eigenvalue weighted by Gasteiger charge is -2.57. The van der Waals surface area contributed by atoms with Gasteiger partial charge in [0.1, 0.15) is 10.9 Å². The molecule has 4 bridgehead atoms. The lowest BCUT2D eigenvalue weighted by atomic mass is 9.53. The van der Waals surface area contributed by atoms with Crippen molar-refractivity contribution in [2.24, 2.45) is 17.8 Å². The molecule has 0 spiro atoms. The summed E-state index contributed by atoms with van der Waals surface area (Å²) in [5.41, 5.74) is 0.739. The minimum atomic E-state index is -0.226. The summed E-state index contributed by atoms with van der Waals surface area (Å²) in [5, 5.41) is 3.33. The summed E-state index contributed by atoms with van der Waals surface area (Å²) < 4.78 is 11.0. The fourth-order valence-electron chi connectivity index (χ4n) is 6.47. The van der Waals surface area contributed by atoms with Crippen LogP contribution >= 0.6 is 24.0 Å². The average Bonchev–Trinajstić information content (AvgIpc) is 2.99. The van der Waals surface area contributed by atoms with Gasteiger partial charge in [-0.25, -0.2) is 0 Å². The zero-order chi connectivity index (χ0) is 22.5. The van der Waals surface area contributed by atoms with E-state index in [9.17, 15) is 9.59 Å². The van der Waals surface area contributed by atoms with Crippen molar-refractivity contribution >= 4 is 46.2 Å². The van der Waals surface area contributed by atoms with Crippen LogP contribution in [0.3, 0.4) is 0 Å². The lowest BCUT2D eigenvalue weighted by molar-refractivity contribution is -0.132. The van der Waals surface area contributed by atoms with Crippen molar-refractivity contribution in [3.63, 3.8) is 0 Å². The number of rotatable bonds is 6. The maximum Gasteiger partial charge on any atom is 0.266 e. The summed E-state index contributed by atoms with van der Waals surface area (Å²) in [7, 11) is 3.15. The second-order valence-electron chi connectivity index (χ2n) is 9.63. The Morgan fingerprint density at radius 1 is 1.16 bits per heavy atom. The number of hydrogen-bond acceptors (Lipinski definition) is 6. The van der Waals surface area contributed by atoms with Gasteiger partial charge in [0, 0.05) is 5.54 Å². The minimum Gasteiger partial charge on any atom is -0.493 e. The molecule has 1 saturated heterocycles. The van der Waals surface area contributed by atoms with Gasteiger partial charge in [0.2, 0.25) is 5.91 Å². The number of amides is 2. The molecule has 4 saturated carbocycles. The van der Waals surface area contributed by atoms with Crippen molar-refractivity contribution in [2.45, 2.75) is 44.1 Å². The predicted molar refractivity (Wildman–Crippen MR) is 128 cm³/mol. The Bertz CT molecular complexity index is 970. The molecule has 1 N–H and O–H groups in total. The Balaban J connectivity index is 1.26. The van der Waals surface area contributed by atoms with Crippen LogP contribution < -0.4 is 14.8 Å². The Hall–Kier alpha value is -2.06. The van der Waals surface area contributed by atoms with E-state index in [1.54, 1.807) is 26.4 Å². The van der Waals surface area contributed by atoms with Crippen LogP contribution in [-0.2, 0) is 9.59 Å². The van der Waals surface area contributed by atoms with Crippen molar-refractivity contribution < 1.29 is 19.1 Å². The standard InChI is InChI=1S/C24H28N2O4S2/c1-29-18-4-3-14(8-19(18)30-2)9-20-22(28)26(23(31)32-20)13-21(27)25-24-10-15-5-16(11-24)7-17(6-15)12-24/h3-4,8-9,15-17H,5-7,10-13H2,1-2H3,(H,25,27)/b20-9-. The maximum absolute atomic E-state index is 13.0. The molecule has 6 nitrogen and oxygen atoms in total. The van der Waals surface area contributed by atoms with E-state index < -0.39 is 0 Å². The van der Waals surface area contributed by atoms with Crippen LogP contribution in [0.25, 0.3) is 6.08 Å². The summed E-state index contributed by atoms with van der Waals surface area (Å²) in [6.45, 7) is -0.0182. The van der Waals surface area contributed by atoms with Gasteiger partial charge in [0.15, 0.2) is 11.5 Å². The molecule has 170 valence electrons. The SMILES string of the molecule is COc1ccc(/C=C2\SC(=S)N(CC(=O)NC34CC5CC(CC(C5)C3)C4)C2=O)cc1OC. The van der Waals surface area contributed by atoms with Gasteiger partial charge >= 0.3 is 0 Å². The summed E-state index contributed by atoms with van der Waals surface area (Å²) in [6.07, 6.45) is 9.01. The fourth-order valence-corrected chi connectivity index (χ4v) is 7.73. The first-order valence-electron chi connectivity index (χ1n) is 11.2. The molecule has 0 radical (unpaired) electrons. The molecule has 1 aliphatic heterocycles. The molecule has 1 aromatic carbocycles. The van der Waals surface area contributed by atoms with Crippen LogP contribution in [0, 0.1) is 17.8 Å². The third-order valence-electron chi connectivity index (χ3n) is 7.32. The van der Waals surface area contributed by atoms with E-state index >= 15 is 0 Å². The fraction of sp³-hybridized carbons (Fsp3) is 0.542. The highest BCUT2D eigenvalue weighted by Gasteiger charge is 2.51. The Labute approximate surface area is 198 Å². The first-order chi connectivity index (χ1) is 15.4. The molecule has 6 rings (SSSR count). The van der Waals surface area contributed by atoms with Gasteiger partial charge in [-0.1, -0.05) is 30.0 Å². The number of hydrogen-bond donors (Lipinski definition) is 1. The second-order valence-corrected chi connectivity index (χ2v) is 11.3. The van der Waals surface area contributed by atoms with Gasteiger partial charge in [-0.2, -0.15) is 0 Å². The van der Waals surface area contributed by atoms with Crippen LogP contribution in [0.1, 0.15) is 44.1 Å². The molecular formula is C24H28N2O4S2. The number of nitrogens with zero attached hydrogens (tertiary/aromatic N) is 1. The molecule has 4 aliphatic carbocycles. The highest BCUT2D eigenvalue weighted by Crippen LogP contribution is 2.55. The van der Waals surface area contributed by atoms with Gasteiger partial charge in [-0.05, 0) is 80.1 Å². The van der Waals surface area contributed by atoms with Crippen LogP contribution in [0.5, 0.6) is 11.5 Å². The zero-order valence-corrected chi connectivity index (χ0v) is 20.0. The number of carbonyl (C=O) groups excluding carboxylic acids is 2. The number of thioether (sulfide) groups is 1. The van der Waals surface area contributed by atoms with Crippen molar-refractivity contribution in [3.05, 3.63) is 28.7 Å². The average molecular weight is 473 g/mol. The molecule has 5 aliphatic rings. The molecule has 1 aromatic rings. The van der Waals surface area contributed by atoms with Crippen molar-refractivity contribution in [2.75, 3.05) is 20.8 Å². The number of carbonyl (C=O) groups is 2. The molecule has 32 heavy (non-hydrogen) atoms. The van der Waals surface area contributed by atoms with Crippen LogP contribution in [0.2, 0.25) is 0 Å². The molecule has 0 unspecified atom stereocenters. The number of benzene rings is 1. The third-order valence-corrected chi connectivity index (χ3v) is 8.70. The second kappa shape index (κ2) is 8.37. The van der Waals surface area contributed by atoms with Gasteiger partial charge in [-0.3, -0.25) is 14.5 Å². The summed E-state index contributed by atoms with van der Waals surface area (Å²) in [5.74, 6) is 3.14.